The third kappa shape index (κ3) is 3.79. The maximum Gasteiger partial charge on any atom is 0.325 e. The number of carbonyl (C=O) groups excluding carboxylic acids is 3. The van der Waals surface area contributed by atoms with Crippen LogP contribution in [0.4, 0.5) is 13.6 Å². The molecule has 1 aliphatic heterocycles. The molecule has 0 spiro atoms. The number of halogens is 2. The van der Waals surface area contributed by atoms with Crippen molar-refractivity contribution in [3.63, 3.8) is 0 Å². The molecular formula is C19H23F2N3O3. The Kier molecular flexibility index (Phi) is 5.17. The second-order valence-electron chi connectivity index (χ2n) is 7.35. The first-order valence-corrected chi connectivity index (χ1v) is 9.13. The summed E-state index contributed by atoms with van der Waals surface area (Å²) in [4.78, 5) is 40.2. The van der Waals surface area contributed by atoms with Crippen LogP contribution in [-0.2, 0) is 15.1 Å². The van der Waals surface area contributed by atoms with E-state index in [1.54, 1.807) is 4.90 Å². The maximum atomic E-state index is 14.2. The van der Waals surface area contributed by atoms with Gasteiger partial charge in [-0.05, 0) is 50.3 Å². The highest BCUT2D eigenvalue weighted by atomic mass is 19.1. The van der Waals surface area contributed by atoms with Gasteiger partial charge >= 0.3 is 6.03 Å². The van der Waals surface area contributed by atoms with E-state index in [2.05, 4.69) is 5.32 Å². The van der Waals surface area contributed by atoms with Gasteiger partial charge in [-0.15, -0.1) is 0 Å². The molecule has 6 nitrogen and oxygen atoms in total. The standard InChI is InChI=1S/C19H23F2N3O3/c1-3-8-23(10-12-4-5-12)16(25)11-24-17(26)19(2,22-18(24)27)14-9-13(20)6-7-15(14)21/h6-7,9,12H,3-5,8,10-11H2,1-2H3,(H,22,27). The average Bonchev–Trinajstić information content (AvgIpc) is 3.40. The summed E-state index contributed by atoms with van der Waals surface area (Å²) in [7, 11) is 0. The molecular weight excluding hydrogens is 356 g/mol. The van der Waals surface area contributed by atoms with Crippen LogP contribution in [0.2, 0.25) is 0 Å². The fourth-order valence-electron chi connectivity index (χ4n) is 3.34. The fourth-order valence-corrected chi connectivity index (χ4v) is 3.34. The lowest BCUT2D eigenvalue weighted by Gasteiger charge is -2.25. The molecule has 1 heterocycles. The first-order valence-electron chi connectivity index (χ1n) is 9.13. The zero-order chi connectivity index (χ0) is 19.8. The number of hydrogen-bond acceptors (Lipinski definition) is 3. The summed E-state index contributed by atoms with van der Waals surface area (Å²) in [6.45, 7) is 4.01. The van der Waals surface area contributed by atoms with E-state index in [-0.39, 0.29) is 11.5 Å². The topological polar surface area (TPSA) is 69.7 Å². The average molecular weight is 379 g/mol. The van der Waals surface area contributed by atoms with Crippen molar-refractivity contribution in [3.8, 4) is 0 Å². The first kappa shape index (κ1) is 19.3. The SMILES string of the molecule is CCCN(CC1CC1)C(=O)CN1C(=O)NC(C)(c2cc(F)ccc2F)C1=O. The summed E-state index contributed by atoms with van der Waals surface area (Å²) in [6, 6.07) is 1.94. The molecule has 1 aromatic carbocycles. The predicted octanol–water partition coefficient (Wildman–Crippen LogP) is 2.38. The van der Waals surface area contributed by atoms with E-state index in [1.165, 1.54) is 6.92 Å². The zero-order valence-electron chi connectivity index (χ0n) is 15.4. The van der Waals surface area contributed by atoms with Crippen LogP contribution >= 0.6 is 0 Å². The van der Waals surface area contributed by atoms with Gasteiger partial charge in [0.05, 0.1) is 0 Å². The Labute approximate surface area is 156 Å². The number of nitrogens with one attached hydrogen (secondary N) is 1. The van der Waals surface area contributed by atoms with Crippen LogP contribution < -0.4 is 5.32 Å². The van der Waals surface area contributed by atoms with Crippen LogP contribution in [0.1, 0.15) is 38.7 Å². The van der Waals surface area contributed by atoms with Gasteiger partial charge in [0.1, 0.15) is 23.7 Å². The Morgan fingerprint density at radius 3 is 2.67 bits per heavy atom. The molecule has 27 heavy (non-hydrogen) atoms. The molecule has 1 unspecified atom stereocenters. The fraction of sp³-hybridized carbons (Fsp3) is 0.526. The molecule has 1 saturated heterocycles. The minimum absolute atomic E-state index is 0.265. The van der Waals surface area contributed by atoms with Crippen molar-refractivity contribution < 1.29 is 23.2 Å². The summed E-state index contributed by atoms with van der Waals surface area (Å²) in [5.74, 6) is -2.13. The van der Waals surface area contributed by atoms with Gasteiger partial charge in [0.25, 0.3) is 5.91 Å². The molecule has 1 saturated carbocycles. The number of urea groups is 1. The van der Waals surface area contributed by atoms with Crippen molar-refractivity contribution in [2.45, 2.75) is 38.6 Å². The molecule has 0 aromatic heterocycles. The third-order valence-electron chi connectivity index (χ3n) is 5.06. The smallest absolute Gasteiger partial charge is 0.325 e. The number of rotatable bonds is 7. The second-order valence-corrected chi connectivity index (χ2v) is 7.35. The van der Waals surface area contributed by atoms with E-state index in [4.69, 9.17) is 0 Å². The van der Waals surface area contributed by atoms with Gasteiger partial charge in [0.2, 0.25) is 5.91 Å². The Balaban J connectivity index is 1.79. The van der Waals surface area contributed by atoms with Crippen LogP contribution in [0, 0.1) is 17.6 Å². The van der Waals surface area contributed by atoms with Crippen molar-refractivity contribution in [2.75, 3.05) is 19.6 Å². The van der Waals surface area contributed by atoms with Crippen molar-refractivity contribution in [3.05, 3.63) is 35.4 Å². The van der Waals surface area contributed by atoms with Crippen LogP contribution in [0.25, 0.3) is 0 Å². The van der Waals surface area contributed by atoms with E-state index in [0.717, 1.165) is 42.4 Å². The molecule has 8 heteroatoms. The Hall–Kier alpha value is -2.51. The molecule has 1 aliphatic carbocycles. The monoisotopic (exact) mass is 379 g/mol. The third-order valence-corrected chi connectivity index (χ3v) is 5.06. The van der Waals surface area contributed by atoms with Gasteiger partial charge in [0.15, 0.2) is 0 Å². The highest BCUT2D eigenvalue weighted by Crippen LogP contribution is 2.32. The van der Waals surface area contributed by atoms with E-state index in [1.807, 2.05) is 6.92 Å². The van der Waals surface area contributed by atoms with Crippen molar-refractivity contribution in [2.24, 2.45) is 5.92 Å². The number of imide groups is 1. The van der Waals surface area contributed by atoms with Gasteiger partial charge in [-0.2, -0.15) is 0 Å². The maximum absolute atomic E-state index is 14.2. The van der Waals surface area contributed by atoms with E-state index in [0.29, 0.717) is 19.0 Å². The van der Waals surface area contributed by atoms with Gasteiger partial charge in [-0.1, -0.05) is 6.92 Å². The highest BCUT2D eigenvalue weighted by Gasteiger charge is 2.51. The Morgan fingerprint density at radius 2 is 2.04 bits per heavy atom. The van der Waals surface area contributed by atoms with Crippen LogP contribution in [0.5, 0.6) is 0 Å². The lowest BCUT2D eigenvalue weighted by molar-refractivity contribution is -0.139. The molecule has 1 aromatic rings. The quantitative estimate of drug-likeness (QED) is 0.740. The Bertz CT molecular complexity index is 781. The summed E-state index contributed by atoms with van der Waals surface area (Å²) in [6.07, 6.45) is 2.92. The van der Waals surface area contributed by atoms with E-state index in [9.17, 15) is 23.2 Å². The lowest BCUT2D eigenvalue weighted by Crippen LogP contribution is -2.45. The van der Waals surface area contributed by atoms with Crippen molar-refractivity contribution in [1.29, 1.82) is 0 Å². The minimum Gasteiger partial charge on any atom is -0.341 e. The number of hydrogen-bond donors (Lipinski definition) is 1. The number of nitrogens with zero attached hydrogens (tertiary/aromatic N) is 2. The minimum atomic E-state index is -1.75. The molecule has 3 rings (SSSR count). The zero-order valence-corrected chi connectivity index (χ0v) is 15.4. The normalized spacial score (nSPS) is 22.1. The van der Waals surface area contributed by atoms with E-state index >= 15 is 0 Å². The summed E-state index contributed by atoms with van der Waals surface area (Å²) >= 11 is 0. The molecule has 1 atom stereocenters. The molecule has 4 amide bonds. The molecule has 2 fully saturated rings. The number of amides is 4. The first-order chi connectivity index (χ1) is 12.8. The van der Waals surface area contributed by atoms with Gasteiger partial charge < -0.3 is 10.2 Å². The summed E-state index contributed by atoms with van der Waals surface area (Å²) < 4.78 is 27.7. The summed E-state index contributed by atoms with van der Waals surface area (Å²) in [5.41, 5.74) is -2.02. The van der Waals surface area contributed by atoms with Crippen LogP contribution in [-0.4, -0.2) is 47.3 Å². The van der Waals surface area contributed by atoms with Crippen molar-refractivity contribution in [1.82, 2.24) is 15.1 Å². The predicted molar refractivity (Wildman–Crippen MR) is 93.5 cm³/mol. The summed E-state index contributed by atoms with van der Waals surface area (Å²) in [5, 5.41) is 2.40. The molecule has 1 N–H and O–H groups in total. The Morgan fingerprint density at radius 1 is 1.33 bits per heavy atom. The highest BCUT2D eigenvalue weighted by molar-refractivity contribution is 6.09. The molecule has 2 aliphatic rings. The number of carbonyl (C=O) groups is 3. The van der Waals surface area contributed by atoms with Gasteiger partial charge in [0, 0.05) is 18.7 Å². The molecule has 146 valence electrons. The molecule has 0 bridgehead atoms. The number of benzene rings is 1. The van der Waals surface area contributed by atoms with E-state index < -0.39 is 35.7 Å². The van der Waals surface area contributed by atoms with Crippen LogP contribution in [0.3, 0.4) is 0 Å². The largest absolute Gasteiger partial charge is 0.341 e. The lowest BCUT2D eigenvalue weighted by atomic mass is 9.91. The molecule has 0 radical (unpaired) electrons. The second kappa shape index (κ2) is 7.25. The van der Waals surface area contributed by atoms with Crippen molar-refractivity contribution >= 4 is 17.8 Å². The van der Waals surface area contributed by atoms with Gasteiger partial charge in [-0.25, -0.2) is 13.6 Å². The van der Waals surface area contributed by atoms with Crippen LogP contribution in [0.15, 0.2) is 18.2 Å². The van der Waals surface area contributed by atoms with Gasteiger partial charge in [-0.3, -0.25) is 14.5 Å².